The van der Waals surface area contributed by atoms with Crippen LogP contribution in [0, 0.1) is 5.92 Å². The molecule has 0 unspecified atom stereocenters. The molecular formula is C55H113N19O30S2. The number of carbonyl (C=O) groups is 14. The summed E-state index contributed by atoms with van der Waals surface area (Å²) >= 11 is 7.30. The lowest BCUT2D eigenvalue weighted by atomic mass is 10.1. The van der Waals surface area contributed by atoms with Gasteiger partial charge in [-0.1, -0.05) is 20.3 Å². The highest BCUT2D eigenvalue weighted by molar-refractivity contribution is 7.80. The number of nitrogens with one attached hydrogen (secondary N) is 4. The zero-order chi connectivity index (χ0) is 85.4. The Labute approximate surface area is 618 Å². The van der Waals surface area contributed by atoms with Gasteiger partial charge in [-0.25, -0.2) is 9.97 Å². The van der Waals surface area contributed by atoms with Crippen molar-refractivity contribution in [2.75, 3.05) is 64.0 Å². The molecule has 0 bridgehead atoms. The van der Waals surface area contributed by atoms with Crippen LogP contribution >= 0.6 is 25.3 Å². The largest absolute Gasteiger partial charge is 0.480 e. The van der Waals surface area contributed by atoms with E-state index in [-0.39, 0.29) is 56.1 Å². The van der Waals surface area contributed by atoms with Crippen LogP contribution in [-0.2, 0) is 80.0 Å². The zero-order valence-electron chi connectivity index (χ0n) is 58.5. The highest BCUT2D eigenvalue weighted by atomic mass is 32.1. The van der Waals surface area contributed by atoms with Gasteiger partial charge in [0.2, 0.25) is 0 Å². The molecule has 2 fully saturated rings. The summed E-state index contributed by atoms with van der Waals surface area (Å²) in [6.07, 6.45) is 13.0. The summed E-state index contributed by atoms with van der Waals surface area (Å²) in [4.78, 5) is 150. The molecule has 2 saturated heterocycles. The molecule has 4 rings (SSSR count). The predicted molar refractivity (Wildman–Crippen MR) is 382 cm³/mol. The number of carboxylic acid groups (broad SMARTS) is 14. The van der Waals surface area contributed by atoms with Crippen LogP contribution in [-0.4, -0.2) is 316 Å². The molecule has 620 valence electrons. The smallest absolute Gasteiger partial charge is 0.322 e. The number of thiol groups is 2. The fourth-order valence-electron chi connectivity index (χ4n) is 4.78. The van der Waals surface area contributed by atoms with Crippen LogP contribution < -0.4 is 85.2 Å². The number of H-pyrrole nitrogens is 2. The minimum Gasteiger partial charge on any atom is -0.480 e. The van der Waals surface area contributed by atoms with Crippen LogP contribution in [0.3, 0.4) is 0 Å². The normalized spacial score (nSPS) is 14.7. The maximum Gasteiger partial charge on any atom is 0.322 e. The summed E-state index contributed by atoms with van der Waals surface area (Å²) in [5, 5.41) is 134. The number of unbranched alkanes of at least 4 members (excludes halogenated alkanes) is 1. The zero-order valence-corrected chi connectivity index (χ0v) is 60.3. The van der Waals surface area contributed by atoms with Crippen molar-refractivity contribution in [1.29, 1.82) is 0 Å². The SMILES string of the molecule is CC(C)C[C@H](N)C(=O)O.C[C@H](N)C(=O)O.NCC(=O)O.NCC(=O)O.NCC(=O)O.NCCCC[C@H](N)C(=O)O.N[C@@H](CO)C(=O)O.N[C@@H](CO)C(=O)O.N[C@@H](CS)C(=O)O.N[C@@H](CS)C(=O)O.N[C@@H](Cc1cnc[nH]1)C(=O)O.N[C@@H](Cc1cnc[nH]1)C(=O)O.O=C(O)[C@@H]1CCCN1.O=C(O)[C@@H]1CCCN1. The van der Waals surface area contributed by atoms with Crippen LogP contribution in [0.25, 0.3) is 0 Å². The highest BCUT2D eigenvalue weighted by Gasteiger charge is 2.21. The summed E-state index contributed by atoms with van der Waals surface area (Å²) in [6, 6.07) is -8.26. The molecular weight excluding hydrogens is 1470 g/mol. The molecule has 46 N–H and O–H groups in total. The van der Waals surface area contributed by atoms with E-state index in [1.54, 1.807) is 12.4 Å². The monoisotopic (exact) mass is 1580 g/mol. The number of hydrogen-bond donors (Lipinski definition) is 35. The molecule has 106 heavy (non-hydrogen) atoms. The number of nitrogens with two attached hydrogens (primary N) is 13. The molecule has 0 aromatic carbocycles. The first-order valence-corrected chi connectivity index (χ1v) is 31.8. The summed E-state index contributed by atoms with van der Waals surface area (Å²) in [7, 11) is 0. The Morgan fingerprint density at radius 2 is 0.689 bits per heavy atom. The van der Waals surface area contributed by atoms with E-state index < -0.39 is 151 Å². The molecule has 51 heteroatoms. The van der Waals surface area contributed by atoms with E-state index in [1.165, 1.54) is 19.6 Å². The van der Waals surface area contributed by atoms with E-state index in [4.69, 9.17) is 139 Å². The van der Waals surface area contributed by atoms with Gasteiger partial charge >= 0.3 is 83.6 Å². The van der Waals surface area contributed by atoms with Crippen LogP contribution in [0.1, 0.15) is 83.5 Å². The van der Waals surface area contributed by atoms with Crippen LogP contribution in [0.2, 0.25) is 0 Å². The van der Waals surface area contributed by atoms with Crippen molar-refractivity contribution in [3.05, 3.63) is 36.4 Å². The minimum absolute atomic E-state index is 0.190. The lowest BCUT2D eigenvalue weighted by molar-refractivity contribution is -0.140. The Balaban J connectivity index is -0.000000118. The Kier molecular flexibility index (Phi) is 87.6. The van der Waals surface area contributed by atoms with Crippen molar-refractivity contribution in [3.63, 3.8) is 0 Å². The lowest BCUT2D eigenvalue weighted by Crippen LogP contribution is -2.33. The number of aliphatic carboxylic acids is 14. The summed E-state index contributed by atoms with van der Waals surface area (Å²) in [6.45, 7) is 5.79. The van der Waals surface area contributed by atoms with E-state index in [0.29, 0.717) is 25.3 Å². The third-order valence-corrected chi connectivity index (χ3v) is 11.4. The molecule has 0 saturated carbocycles. The number of rotatable bonds is 28. The van der Waals surface area contributed by atoms with Gasteiger partial charge in [0, 0.05) is 48.1 Å². The van der Waals surface area contributed by atoms with Crippen molar-refractivity contribution >= 4 is 109 Å². The minimum atomic E-state index is -1.18. The maximum atomic E-state index is 10.3. The van der Waals surface area contributed by atoms with Gasteiger partial charge in [-0.15, -0.1) is 0 Å². The van der Waals surface area contributed by atoms with Gasteiger partial charge in [0.15, 0.2) is 0 Å². The van der Waals surface area contributed by atoms with Crippen molar-refractivity contribution in [2.45, 2.75) is 151 Å². The average Bonchev–Trinajstić information content (AvgIpc) is 1.83. The third kappa shape index (κ3) is 95.0. The molecule has 2 aromatic rings. The van der Waals surface area contributed by atoms with E-state index in [2.05, 4.69) is 73.0 Å². The third-order valence-electron chi connectivity index (χ3n) is 10.6. The molecule has 49 nitrogen and oxygen atoms in total. The van der Waals surface area contributed by atoms with Gasteiger partial charge in [0.05, 0.1) is 45.5 Å². The second-order valence-electron chi connectivity index (χ2n) is 20.7. The second kappa shape index (κ2) is 78.6. The first kappa shape index (κ1) is 118. The number of hydrogen-bond acceptors (Lipinski definition) is 35. The fourth-order valence-corrected chi connectivity index (χ4v) is 5.10. The molecule has 0 amide bonds. The fraction of sp³-hybridized carbons (Fsp3) is 0.636. The standard InChI is InChI=1S/2C6H9N3O2.C6H14N2O2.C6H13NO2.2C5H9NO2.2C3H7NO3.2C3H7NO2S.C3H7NO2.3C2H5NO2/c2*7-5(6(10)11)1-4-2-8-3-9-4;7-4-2-1-3-5(8)6(9)10;1-4(2)3-5(7)6(8)9;2*7-5(8)4-2-1-3-6-4;2*4-2(1-5)3(6)7;2*4-2(1-7)3(5)6;1-2(4)3(5)6;3*3-1-2(4)5/h2*2-3,5H,1,7H2,(H,8,9)(H,10,11);5H,1-4,7-8H2,(H,9,10);4-5H,3,7H2,1-2H3,(H,8,9);2*4,6H,1-3H2,(H,7,8);2*2,5H,1,4H2,(H,6,7);2*2,7H,1,4H2,(H,5,6);2H,4H2,1H3,(H,5,6);3*1,3H2,(H,4,5)/t4*5-;2*4-;5*2-;;;/m00000000000.../s1. The molecule has 4 heterocycles. The van der Waals surface area contributed by atoms with Gasteiger partial charge in [0.1, 0.15) is 66.5 Å². The Hall–Kier alpha value is -8.98. The molecule has 2 aliphatic heterocycles. The van der Waals surface area contributed by atoms with Crippen LogP contribution in [0.5, 0.6) is 0 Å². The highest BCUT2D eigenvalue weighted by Crippen LogP contribution is 2.05. The number of carboxylic acids is 14. The second-order valence-corrected chi connectivity index (χ2v) is 21.4. The lowest BCUT2D eigenvalue weighted by Gasteiger charge is -2.07. The Morgan fingerprint density at radius 3 is 0.802 bits per heavy atom. The van der Waals surface area contributed by atoms with E-state index >= 15 is 0 Å². The van der Waals surface area contributed by atoms with Crippen molar-refractivity contribution in [3.8, 4) is 0 Å². The van der Waals surface area contributed by atoms with Gasteiger partial charge in [-0.05, 0) is 77.4 Å². The van der Waals surface area contributed by atoms with Crippen LogP contribution in [0.4, 0.5) is 0 Å². The molecule has 0 spiro atoms. The summed E-state index contributed by atoms with van der Waals surface area (Å²) in [5.41, 5.74) is 65.6. The van der Waals surface area contributed by atoms with Gasteiger partial charge in [0.25, 0.3) is 0 Å². The number of aromatic nitrogens is 4. The van der Waals surface area contributed by atoms with E-state index in [1.807, 2.05) is 13.8 Å². The number of aromatic amines is 2. The molecule has 2 aromatic heterocycles. The number of imidazole rings is 2. The van der Waals surface area contributed by atoms with Gasteiger partial charge in [-0.3, -0.25) is 67.1 Å². The predicted octanol–water partition coefficient (Wildman–Crippen LogP) is -9.71. The van der Waals surface area contributed by atoms with Gasteiger partial charge < -0.3 is 177 Å². The summed E-state index contributed by atoms with van der Waals surface area (Å²) < 4.78 is 0. The van der Waals surface area contributed by atoms with E-state index in [0.717, 1.165) is 63.0 Å². The molecule has 0 radical (unpaired) electrons. The first-order valence-electron chi connectivity index (χ1n) is 30.5. The van der Waals surface area contributed by atoms with Crippen molar-refractivity contribution in [2.24, 2.45) is 80.5 Å². The number of aliphatic hydroxyl groups excluding tert-OH is 2. The topological polar surface area (TPSA) is 982 Å². The number of aliphatic hydroxyl groups is 2. The molecule has 2 aliphatic rings. The van der Waals surface area contributed by atoms with E-state index in [9.17, 15) is 67.1 Å². The Morgan fingerprint density at radius 1 is 0.425 bits per heavy atom. The number of nitrogens with zero attached hydrogens (tertiary/aromatic N) is 2. The quantitative estimate of drug-likeness (QED) is 0.0278. The average molecular weight is 1580 g/mol. The van der Waals surface area contributed by atoms with Crippen molar-refractivity contribution in [1.82, 2.24) is 30.6 Å². The van der Waals surface area contributed by atoms with Crippen LogP contribution in [0.15, 0.2) is 25.0 Å². The Bertz CT molecular complexity index is 2440. The molecule has 0 aliphatic carbocycles. The molecule has 11 atom stereocenters. The van der Waals surface area contributed by atoms with Crippen molar-refractivity contribution < 1.29 is 149 Å². The summed E-state index contributed by atoms with van der Waals surface area (Å²) in [5.74, 6) is -12.8. The first-order chi connectivity index (χ1) is 48.9. The maximum absolute atomic E-state index is 10.3. The van der Waals surface area contributed by atoms with Gasteiger partial charge in [-0.2, -0.15) is 25.3 Å².